The smallest absolute Gasteiger partial charge is 0.270 e. The van der Waals surface area contributed by atoms with Crippen molar-refractivity contribution in [2.24, 2.45) is 0 Å². The zero-order chi connectivity index (χ0) is 18.4. The lowest BCUT2D eigenvalue weighted by molar-refractivity contribution is 0.309. The van der Waals surface area contributed by atoms with Gasteiger partial charge in [-0.15, -0.1) is 6.58 Å². The third-order valence-electron chi connectivity index (χ3n) is 3.48. The zero-order valence-corrected chi connectivity index (χ0v) is 15.2. The highest BCUT2D eigenvalue weighted by atomic mass is 32.2. The molecule has 0 saturated heterocycles. The van der Waals surface area contributed by atoms with Gasteiger partial charge in [-0.1, -0.05) is 17.8 Å². The molecule has 0 aliphatic carbocycles. The van der Waals surface area contributed by atoms with Crippen LogP contribution in [0, 0.1) is 11.3 Å². The quantitative estimate of drug-likeness (QED) is 0.465. The summed E-state index contributed by atoms with van der Waals surface area (Å²) >= 11 is 1.30. The monoisotopic (exact) mass is 357 g/mol. The van der Waals surface area contributed by atoms with Gasteiger partial charge in [0.15, 0.2) is 16.7 Å². The minimum atomic E-state index is -0.462. The van der Waals surface area contributed by atoms with Crippen LogP contribution >= 0.6 is 11.8 Å². The van der Waals surface area contributed by atoms with Crippen molar-refractivity contribution in [3.63, 3.8) is 0 Å². The Kier molecular flexibility index (Phi) is 6.25. The van der Waals surface area contributed by atoms with Gasteiger partial charge in [0.1, 0.15) is 11.6 Å². The first-order valence-electron chi connectivity index (χ1n) is 7.62. The zero-order valence-electron chi connectivity index (χ0n) is 14.4. The molecule has 6 nitrogen and oxygen atoms in total. The van der Waals surface area contributed by atoms with Crippen LogP contribution in [0.4, 0.5) is 0 Å². The van der Waals surface area contributed by atoms with Crippen LogP contribution in [0.5, 0.6) is 11.5 Å². The van der Waals surface area contributed by atoms with E-state index in [2.05, 4.69) is 16.5 Å². The van der Waals surface area contributed by atoms with Crippen molar-refractivity contribution in [3.05, 3.63) is 46.3 Å². The van der Waals surface area contributed by atoms with E-state index in [1.54, 1.807) is 25.5 Å². The first-order valence-corrected chi connectivity index (χ1v) is 8.85. The molecule has 1 N–H and O–H groups in total. The number of aromatic nitrogens is 2. The van der Waals surface area contributed by atoms with Crippen LogP contribution in [-0.2, 0) is 6.42 Å². The molecule has 0 unspecified atom stereocenters. The van der Waals surface area contributed by atoms with Gasteiger partial charge >= 0.3 is 0 Å². The third kappa shape index (κ3) is 3.86. The standard InChI is InChI=1S/C18H19N3O3S/c1-5-7-11-8-12(9-14(24-6-2)16(11)23-3)15-13(10-19)17(22)21-18(20-15)25-4/h5,8-9H,1,6-7H2,2-4H3,(H,20,21,22). The molecule has 1 aromatic carbocycles. The molecule has 0 radical (unpaired) electrons. The molecule has 1 heterocycles. The summed E-state index contributed by atoms with van der Waals surface area (Å²) in [5.74, 6) is 1.15. The Morgan fingerprint density at radius 3 is 2.80 bits per heavy atom. The molecule has 0 aliphatic rings. The van der Waals surface area contributed by atoms with Gasteiger partial charge in [0.2, 0.25) is 0 Å². The number of benzene rings is 1. The normalized spacial score (nSPS) is 10.2. The number of nitrogens with one attached hydrogen (secondary N) is 1. The number of hydrogen-bond acceptors (Lipinski definition) is 6. The second kappa shape index (κ2) is 8.40. The van der Waals surface area contributed by atoms with Crippen molar-refractivity contribution < 1.29 is 9.47 Å². The molecule has 1 aromatic heterocycles. The van der Waals surface area contributed by atoms with Crippen molar-refractivity contribution >= 4 is 11.8 Å². The van der Waals surface area contributed by atoms with E-state index in [0.29, 0.717) is 40.9 Å². The molecule has 0 atom stereocenters. The molecule has 0 fully saturated rings. The summed E-state index contributed by atoms with van der Waals surface area (Å²) in [7, 11) is 1.57. The average molecular weight is 357 g/mol. The summed E-state index contributed by atoms with van der Waals surface area (Å²) < 4.78 is 11.1. The predicted molar refractivity (Wildman–Crippen MR) is 98.4 cm³/mol. The van der Waals surface area contributed by atoms with Gasteiger partial charge in [0.25, 0.3) is 5.56 Å². The molecule has 0 saturated carbocycles. The Morgan fingerprint density at radius 2 is 2.24 bits per heavy atom. The summed E-state index contributed by atoms with van der Waals surface area (Å²) in [6.45, 7) is 6.09. The SMILES string of the molecule is C=CCc1cc(-c2nc(SC)[nH]c(=O)c2C#N)cc(OCC)c1OC. The van der Waals surface area contributed by atoms with Gasteiger partial charge in [0.05, 0.1) is 19.4 Å². The molecule has 0 spiro atoms. The van der Waals surface area contributed by atoms with Crippen LogP contribution in [0.1, 0.15) is 18.1 Å². The van der Waals surface area contributed by atoms with Crippen LogP contribution in [0.2, 0.25) is 0 Å². The van der Waals surface area contributed by atoms with Gasteiger partial charge in [-0.3, -0.25) is 4.79 Å². The first-order chi connectivity index (χ1) is 12.1. The Hall–Kier alpha value is -2.72. The number of ether oxygens (including phenoxy) is 2. The summed E-state index contributed by atoms with van der Waals surface area (Å²) in [6, 6.07) is 5.52. The lowest BCUT2D eigenvalue weighted by Crippen LogP contribution is -2.14. The number of allylic oxidation sites excluding steroid dienone is 1. The van der Waals surface area contributed by atoms with E-state index < -0.39 is 5.56 Å². The number of rotatable bonds is 7. The molecule has 130 valence electrons. The highest BCUT2D eigenvalue weighted by Gasteiger charge is 2.18. The molecule has 0 bridgehead atoms. The fourth-order valence-corrected chi connectivity index (χ4v) is 2.84. The van der Waals surface area contributed by atoms with Crippen molar-refractivity contribution in [3.8, 4) is 28.8 Å². The summed E-state index contributed by atoms with van der Waals surface area (Å²) in [5, 5.41) is 9.82. The summed E-state index contributed by atoms with van der Waals surface area (Å²) in [4.78, 5) is 19.2. The van der Waals surface area contributed by atoms with Gasteiger partial charge in [-0.2, -0.15) is 5.26 Å². The van der Waals surface area contributed by atoms with Crippen LogP contribution in [0.25, 0.3) is 11.3 Å². The van der Waals surface area contributed by atoms with Gasteiger partial charge in [-0.05, 0) is 31.7 Å². The van der Waals surface area contributed by atoms with E-state index in [9.17, 15) is 10.1 Å². The van der Waals surface area contributed by atoms with Crippen LogP contribution in [0.3, 0.4) is 0 Å². The highest BCUT2D eigenvalue weighted by Crippen LogP contribution is 2.37. The van der Waals surface area contributed by atoms with Crippen molar-refractivity contribution in [1.29, 1.82) is 5.26 Å². The van der Waals surface area contributed by atoms with Crippen molar-refractivity contribution in [1.82, 2.24) is 9.97 Å². The molecule has 0 aliphatic heterocycles. The third-order valence-corrected chi connectivity index (χ3v) is 4.06. The maximum Gasteiger partial charge on any atom is 0.270 e. The Balaban J connectivity index is 2.79. The number of aromatic amines is 1. The minimum Gasteiger partial charge on any atom is -0.493 e. The molecule has 0 amide bonds. The van der Waals surface area contributed by atoms with Crippen LogP contribution < -0.4 is 15.0 Å². The van der Waals surface area contributed by atoms with E-state index >= 15 is 0 Å². The van der Waals surface area contributed by atoms with Gasteiger partial charge in [-0.25, -0.2) is 4.98 Å². The summed E-state index contributed by atoms with van der Waals surface area (Å²) in [6.07, 6.45) is 4.11. The number of hydrogen-bond donors (Lipinski definition) is 1. The van der Waals surface area contributed by atoms with Gasteiger partial charge in [0, 0.05) is 11.1 Å². The van der Waals surface area contributed by atoms with E-state index in [-0.39, 0.29) is 5.56 Å². The molecule has 7 heteroatoms. The maximum atomic E-state index is 12.2. The molecule has 25 heavy (non-hydrogen) atoms. The van der Waals surface area contributed by atoms with E-state index in [1.807, 2.05) is 19.1 Å². The van der Waals surface area contributed by atoms with Gasteiger partial charge < -0.3 is 14.5 Å². The summed E-state index contributed by atoms with van der Waals surface area (Å²) in [5.41, 5.74) is 1.30. The topological polar surface area (TPSA) is 88.0 Å². The van der Waals surface area contributed by atoms with Crippen LogP contribution in [0.15, 0.2) is 34.7 Å². The fourth-order valence-electron chi connectivity index (χ4n) is 2.46. The highest BCUT2D eigenvalue weighted by molar-refractivity contribution is 7.98. The lowest BCUT2D eigenvalue weighted by Gasteiger charge is -2.16. The van der Waals surface area contributed by atoms with Crippen LogP contribution in [-0.4, -0.2) is 29.9 Å². The Labute approximate surface area is 150 Å². The molecule has 2 rings (SSSR count). The van der Waals surface area contributed by atoms with Crippen molar-refractivity contribution in [2.75, 3.05) is 20.0 Å². The largest absolute Gasteiger partial charge is 0.493 e. The number of thioether (sulfide) groups is 1. The first kappa shape index (κ1) is 18.6. The minimum absolute atomic E-state index is 0.0324. The fraction of sp³-hybridized carbons (Fsp3) is 0.278. The number of methoxy groups -OCH3 is 1. The molecular formula is C18H19N3O3S. The Morgan fingerprint density at radius 1 is 1.48 bits per heavy atom. The maximum absolute atomic E-state index is 12.2. The lowest BCUT2D eigenvalue weighted by atomic mass is 10.0. The number of H-pyrrole nitrogens is 1. The predicted octanol–water partition coefficient (Wildman–Crippen LogP) is 3.17. The Bertz CT molecular complexity index is 884. The van der Waals surface area contributed by atoms with E-state index in [1.165, 1.54) is 11.8 Å². The second-order valence-electron chi connectivity index (χ2n) is 5.00. The molecular weight excluding hydrogens is 338 g/mol. The second-order valence-corrected chi connectivity index (χ2v) is 5.80. The van der Waals surface area contributed by atoms with E-state index in [4.69, 9.17) is 9.47 Å². The van der Waals surface area contributed by atoms with E-state index in [0.717, 1.165) is 5.56 Å². The average Bonchev–Trinajstić information content (AvgIpc) is 2.61. The number of nitriles is 1. The molecule has 2 aromatic rings. The number of nitrogens with zero attached hydrogens (tertiary/aromatic N) is 2. The van der Waals surface area contributed by atoms with Crippen molar-refractivity contribution in [2.45, 2.75) is 18.5 Å².